The van der Waals surface area contributed by atoms with Gasteiger partial charge in [-0.2, -0.15) is 0 Å². The largest absolute Gasteiger partial charge is 0.355 e. The van der Waals surface area contributed by atoms with Crippen LogP contribution in [0.15, 0.2) is 12.4 Å². The van der Waals surface area contributed by atoms with E-state index in [1.54, 1.807) is 0 Å². The van der Waals surface area contributed by atoms with Gasteiger partial charge >= 0.3 is 0 Å². The molecular weight excluding hydrogens is 224 g/mol. The van der Waals surface area contributed by atoms with Crippen molar-refractivity contribution < 1.29 is 0 Å². The highest BCUT2D eigenvalue weighted by molar-refractivity contribution is 5.37. The third kappa shape index (κ3) is 3.95. The van der Waals surface area contributed by atoms with Crippen LogP contribution in [0.3, 0.4) is 0 Å². The molecule has 0 aliphatic rings. The summed E-state index contributed by atoms with van der Waals surface area (Å²) in [5.74, 6) is 0.938. The van der Waals surface area contributed by atoms with Crippen molar-refractivity contribution in [3.63, 3.8) is 0 Å². The normalized spacial score (nSPS) is 13.4. The number of anilines is 1. The standard InChI is InChI=1S/C14H26N4/c1-7-15-8-12-9-16-10-13(17-12)18(6)11(2)14(3,4)5/h9-11,15H,7-8H2,1-6H3. The molecule has 0 aliphatic heterocycles. The van der Waals surface area contributed by atoms with Crippen LogP contribution in [0.4, 0.5) is 5.82 Å². The van der Waals surface area contributed by atoms with E-state index in [0.29, 0.717) is 6.04 Å². The quantitative estimate of drug-likeness (QED) is 0.871. The van der Waals surface area contributed by atoms with Gasteiger partial charge in [-0.25, -0.2) is 4.98 Å². The Morgan fingerprint density at radius 1 is 1.33 bits per heavy atom. The summed E-state index contributed by atoms with van der Waals surface area (Å²) in [4.78, 5) is 11.1. The minimum absolute atomic E-state index is 0.216. The van der Waals surface area contributed by atoms with Gasteiger partial charge in [0.1, 0.15) is 5.82 Å². The average Bonchev–Trinajstić information content (AvgIpc) is 2.33. The second-order valence-electron chi connectivity index (χ2n) is 5.80. The van der Waals surface area contributed by atoms with Crippen LogP contribution < -0.4 is 10.2 Å². The molecule has 0 bridgehead atoms. The molecule has 1 aromatic heterocycles. The minimum atomic E-state index is 0.216. The van der Waals surface area contributed by atoms with Crippen molar-refractivity contribution in [2.75, 3.05) is 18.5 Å². The highest BCUT2D eigenvalue weighted by Crippen LogP contribution is 2.25. The van der Waals surface area contributed by atoms with Crippen LogP contribution in [0, 0.1) is 5.41 Å². The molecule has 1 heterocycles. The van der Waals surface area contributed by atoms with Crippen LogP contribution in [0.2, 0.25) is 0 Å². The van der Waals surface area contributed by atoms with Gasteiger partial charge in [0.25, 0.3) is 0 Å². The molecule has 4 heteroatoms. The molecule has 1 aromatic rings. The SMILES string of the molecule is CCNCc1cncc(N(C)C(C)C(C)(C)C)n1. The summed E-state index contributed by atoms with van der Waals surface area (Å²) in [6.45, 7) is 12.7. The van der Waals surface area contributed by atoms with E-state index in [1.807, 2.05) is 12.4 Å². The fourth-order valence-electron chi connectivity index (χ4n) is 1.68. The van der Waals surface area contributed by atoms with Crippen molar-refractivity contribution in [1.82, 2.24) is 15.3 Å². The van der Waals surface area contributed by atoms with Gasteiger partial charge in [0.05, 0.1) is 11.9 Å². The summed E-state index contributed by atoms with van der Waals surface area (Å²) in [5, 5.41) is 3.27. The molecule has 0 aromatic carbocycles. The van der Waals surface area contributed by atoms with Gasteiger partial charge in [0.15, 0.2) is 0 Å². The summed E-state index contributed by atoms with van der Waals surface area (Å²) >= 11 is 0. The zero-order valence-corrected chi connectivity index (χ0v) is 12.5. The second-order valence-corrected chi connectivity index (χ2v) is 5.80. The Morgan fingerprint density at radius 3 is 2.56 bits per heavy atom. The molecule has 0 saturated heterocycles. The summed E-state index contributed by atoms with van der Waals surface area (Å²) in [6.07, 6.45) is 3.65. The lowest BCUT2D eigenvalue weighted by Gasteiger charge is -2.36. The number of hydrogen-bond donors (Lipinski definition) is 1. The zero-order valence-electron chi connectivity index (χ0n) is 12.5. The first-order chi connectivity index (χ1) is 8.36. The van der Waals surface area contributed by atoms with E-state index < -0.39 is 0 Å². The van der Waals surface area contributed by atoms with E-state index in [4.69, 9.17) is 0 Å². The molecule has 0 radical (unpaired) electrons. The molecule has 0 spiro atoms. The maximum Gasteiger partial charge on any atom is 0.147 e. The molecule has 4 nitrogen and oxygen atoms in total. The third-order valence-electron chi connectivity index (χ3n) is 3.42. The van der Waals surface area contributed by atoms with Crippen LogP contribution in [-0.2, 0) is 6.54 Å². The van der Waals surface area contributed by atoms with Crippen LogP contribution in [0.25, 0.3) is 0 Å². The van der Waals surface area contributed by atoms with E-state index in [-0.39, 0.29) is 5.41 Å². The lowest BCUT2D eigenvalue weighted by atomic mass is 9.87. The van der Waals surface area contributed by atoms with Crippen LogP contribution in [-0.4, -0.2) is 29.6 Å². The van der Waals surface area contributed by atoms with E-state index in [1.165, 1.54) is 0 Å². The van der Waals surface area contributed by atoms with Gasteiger partial charge in [0.2, 0.25) is 0 Å². The van der Waals surface area contributed by atoms with E-state index in [9.17, 15) is 0 Å². The van der Waals surface area contributed by atoms with Crippen LogP contribution >= 0.6 is 0 Å². The van der Waals surface area contributed by atoms with Gasteiger partial charge in [-0.15, -0.1) is 0 Å². The van der Waals surface area contributed by atoms with Crippen molar-refractivity contribution >= 4 is 5.82 Å². The molecule has 0 aliphatic carbocycles. The zero-order chi connectivity index (χ0) is 13.8. The highest BCUT2D eigenvalue weighted by Gasteiger charge is 2.24. The fourth-order valence-corrected chi connectivity index (χ4v) is 1.68. The molecule has 1 rings (SSSR count). The topological polar surface area (TPSA) is 41.1 Å². The van der Waals surface area contributed by atoms with Gasteiger partial charge < -0.3 is 10.2 Å². The third-order valence-corrected chi connectivity index (χ3v) is 3.42. The average molecular weight is 250 g/mol. The fraction of sp³-hybridized carbons (Fsp3) is 0.714. The number of rotatable bonds is 5. The molecule has 1 atom stereocenters. The first kappa shape index (κ1) is 14.9. The van der Waals surface area contributed by atoms with Gasteiger partial charge in [-0.05, 0) is 18.9 Å². The first-order valence-electron chi connectivity index (χ1n) is 6.60. The summed E-state index contributed by atoms with van der Waals surface area (Å²) in [6, 6.07) is 0.404. The predicted octanol–water partition coefficient (Wildman–Crippen LogP) is 2.46. The van der Waals surface area contributed by atoms with Crippen LogP contribution in [0.1, 0.15) is 40.3 Å². The van der Waals surface area contributed by atoms with E-state index in [2.05, 4.69) is 61.9 Å². The molecule has 1 N–H and O–H groups in total. The molecule has 0 amide bonds. The monoisotopic (exact) mass is 250 g/mol. The smallest absolute Gasteiger partial charge is 0.147 e. The van der Waals surface area contributed by atoms with Crippen molar-refractivity contribution in [3.8, 4) is 0 Å². The van der Waals surface area contributed by atoms with Gasteiger partial charge in [0, 0.05) is 25.8 Å². The summed E-state index contributed by atoms with van der Waals surface area (Å²) in [5.41, 5.74) is 1.20. The Hall–Kier alpha value is -1.16. The Labute approximate surface area is 111 Å². The Balaban J connectivity index is 2.82. The molecule has 1 unspecified atom stereocenters. The van der Waals surface area contributed by atoms with E-state index in [0.717, 1.165) is 24.6 Å². The number of aromatic nitrogens is 2. The summed E-state index contributed by atoms with van der Waals surface area (Å²) < 4.78 is 0. The maximum atomic E-state index is 4.65. The number of nitrogens with one attached hydrogen (secondary N) is 1. The van der Waals surface area contributed by atoms with Gasteiger partial charge in [-0.3, -0.25) is 4.98 Å². The van der Waals surface area contributed by atoms with Crippen molar-refractivity contribution in [2.45, 2.75) is 47.2 Å². The Bertz CT molecular complexity index is 370. The van der Waals surface area contributed by atoms with Crippen LogP contribution in [0.5, 0.6) is 0 Å². The molecular formula is C14H26N4. The number of nitrogens with zero attached hydrogens (tertiary/aromatic N) is 3. The van der Waals surface area contributed by atoms with Gasteiger partial charge in [-0.1, -0.05) is 27.7 Å². The lowest BCUT2D eigenvalue weighted by Crippen LogP contribution is -2.40. The van der Waals surface area contributed by atoms with Crippen molar-refractivity contribution in [3.05, 3.63) is 18.1 Å². The molecule has 0 fully saturated rings. The van der Waals surface area contributed by atoms with Crippen molar-refractivity contribution in [2.24, 2.45) is 5.41 Å². The predicted molar refractivity (Wildman–Crippen MR) is 76.7 cm³/mol. The molecule has 0 saturated carbocycles. The van der Waals surface area contributed by atoms with Crippen molar-refractivity contribution in [1.29, 1.82) is 0 Å². The molecule has 102 valence electrons. The number of hydrogen-bond acceptors (Lipinski definition) is 4. The summed E-state index contributed by atoms with van der Waals surface area (Å²) in [7, 11) is 2.08. The Morgan fingerprint density at radius 2 is 2.00 bits per heavy atom. The second kappa shape index (κ2) is 6.14. The van der Waals surface area contributed by atoms with E-state index >= 15 is 0 Å². The molecule has 18 heavy (non-hydrogen) atoms. The Kier molecular flexibility index (Phi) is 5.08. The maximum absolute atomic E-state index is 4.65. The lowest BCUT2D eigenvalue weighted by molar-refractivity contribution is 0.328. The highest BCUT2D eigenvalue weighted by atomic mass is 15.2. The first-order valence-corrected chi connectivity index (χ1v) is 6.60. The minimum Gasteiger partial charge on any atom is -0.355 e.